The molecule has 11 heteroatoms. The Balaban J connectivity index is 1.43. The molecule has 0 bridgehead atoms. The molecule has 4 aromatic heterocycles. The normalized spacial score (nSPS) is 17.3. The van der Waals surface area contributed by atoms with Gasteiger partial charge in [-0.15, -0.1) is 0 Å². The van der Waals surface area contributed by atoms with Crippen LogP contribution in [0.5, 0.6) is 0 Å². The summed E-state index contributed by atoms with van der Waals surface area (Å²) in [7, 11) is 1.81. The van der Waals surface area contributed by atoms with Gasteiger partial charge in [0.25, 0.3) is 0 Å². The van der Waals surface area contributed by atoms with Crippen LogP contribution in [0.3, 0.4) is 0 Å². The van der Waals surface area contributed by atoms with Gasteiger partial charge in [0, 0.05) is 55.1 Å². The SMILES string of the molecule is CN1Cc2cnc3ccc(-c4cnc5[nH]ncc5c4)nc3c2N(C2CCN(CC(N)=O)CC2)C1=O. The highest BCUT2D eigenvalue weighted by Crippen LogP contribution is 2.37. The molecular weight excluding hydrogens is 446 g/mol. The summed E-state index contributed by atoms with van der Waals surface area (Å²) in [6.07, 6.45) is 6.84. The number of aromatic amines is 1. The van der Waals surface area contributed by atoms with E-state index in [0.717, 1.165) is 51.9 Å². The molecule has 6 heterocycles. The average Bonchev–Trinajstić information content (AvgIpc) is 3.33. The van der Waals surface area contributed by atoms with Crippen molar-refractivity contribution < 1.29 is 9.59 Å². The second-order valence-electron chi connectivity index (χ2n) is 9.21. The predicted molar refractivity (Wildman–Crippen MR) is 130 cm³/mol. The zero-order chi connectivity index (χ0) is 24.1. The first-order chi connectivity index (χ1) is 17.0. The van der Waals surface area contributed by atoms with Crippen LogP contribution in [0.2, 0.25) is 0 Å². The van der Waals surface area contributed by atoms with Crippen LogP contribution in [0.4, 0.5) is 10.5 Å². The van der Waals surface area contributed by atoms with Crippen molar-refractivity contribution in [2.45, 2.75) is 25.4 Å². The van der Waals surface area contributed by atoms with Crippen molar-refractivity contribution in [3.05, 3.63) is 42.4 Å². The minimum atomic E-state index is -0.334. The molecule has 2 aliphatic heterocycles. The number of carbonyl (C=O) groups excluding carboxylic acids is 2. The van der Waals surface area contributed by atoms with Crippen LogP contribution in [-0.4, -0.2) is 79.6 Å². The molecule has 4 aromatic rings. The van der Waals surface area contributed by atoms with Crippen molar-refractivity contribution in [3.8, 4) is 11.3 Å². The Morgan fingerprint density at radius 1 is 1.17 bits per heavy atom. The first-order valence-electron chi connectivity index (χ1n) is 11.6. The molecule has 0 aromatic carbocycles. The molecule has 2 aliphatic rings. The van der Waals surface area contributed by atoms with E-state index in [-0.39, 0.29) is 24.5 Å². The summed E-state index contributed by atoms with van der Waals surface area (Å²) in [4.78, 5) is 44.5. The van der Waals surface area contributed by atoms with E-state index in [2.05, 4.69) is 20.2 Å². The number of nitrogens with zero attached hydrogens (tertiary/aromatic N) is 7. The van der Waals surface area contributed by atoms with Crippen molar-refractivity contribution in [2.75, 3.05) is 31.6 Å². The third-order valence-corrected chi connectivity index (χ3v) is 6.83. The number of hydrogen-bond donors (Lipinski definition) is 2. The number of aromatic nitrogens is 5. The lowest BCUT2D eigenvalue weighted by Gasteiger charge is -2.43. The standard InChI is InChI=1S/C24H25N9O2/c1-31-12-16-10-26-19-3-2-18(14-8-15-11-28-30-23(15)27-9-14)29-21(19)22(16)33(24(31)35)17-4-6-32(7-5-17)13-20(25)34/h2-3,8-11,17H,4-7,12-13H2,1H3,(H2,25,34)(H,27,28,30). The minimum Gasteiger partial charge on any atom is -0.369 e. The smallest absolute Gasteiger partial charge is 0.324 e. The highest BCUT2D eigenvalue weighted by atomic mass is 16.2. The fourth-order valence-corrected chi connectivity index (χ4v) is 5.11. The summed E-state index contributed by atoms with van der Waals surface area (Å²) in [6.45, 7) is 2.12. The number of pyridine rings is 3. The van der Waals surface area contributed by atoms with Crippen LogP contribution in [0, 0.1) is 0 Å². The molecule has 178 valence electrons. The van der Waals surface area contributed by atoms with Gasteiger partial charge in [-0.2, -0.15) is 5.10 Å². The molecule has 1 saturated heterocycles. The topological polar surface area (TPSA) is 137 Å². The van der Waals surface area contributed by atoms with Gasteiger partial charge in [0.05, 0.1) is 36.2 Å². The van der Waals surface area contributed by atoms with Gasteiger partial charge in [0.1, 0.15) is 5.52 Å². The number of nitrogens with two attached hydrogens (primary N) is 1. The summed E-state index contributed by atoms with van der Waals surface area (Å²) < 4.78 is 0. The van der Waals surface area contributed by atoms with Gasteiger partial charge in [-0.05, 0) is 31.0 Å². The zero-order valence-corrected chi connectivity index (χ0v) is 19.3. The molecule has 35 heavy (non-hydrogen) atoms. The molecule has 0 spiro atoms. The first-order valence-corrected chi connectivity index (χ1v) is 11.6. The zero-order valence-electron chi connectivity index (χ0n) is 19.3. The van der Waals surface area contributed by atoms with Gasteiger partial charge in [-0.3, -0.25) is 24.7 Å². The van der Waals surface area contributed by atoms with Crippen LogP contribution in [-0.2, 0) is 11.3 Å². The molecule has 3 N–H and O–H groups in total. The van der Waals surface area contributed by atoms with Crippen LogP contribution in [0.15, 0.2) is 36.8 Å². The lowest BCUT2D eigenvalue weighted by Crippen LogP contribution is -2.54. The van der Waals surface area contributed by atoms with Gasteiger partial charge in [0.2, 0.25) is 5.91 Å². The van der Waals surface area contributed by atoms with E-state index in [0.29, 0.717) is 25.2 Å². The number of rotatable bonds is 4. The molecule has 1 fully saturated rings. The molecule has 3 amide bonds. The van der Waals surface area contributed by atoms with Gasteiger partial charge >= 0.3 is 6.03 Å². The fourth-order valence-electron chi connectivity index (χ4n) is 5.11. The van der Waals surface area contributed by atoms with Crippen LogP contribution < -0.4 is 10.6 Å². The van der Waals surface area contributed by atoms with E-state index in [1.807, 2.05) is 34.2 Å². The number of nitrogens with one attached hydrogen (secondary N) is 1. The maximum Gasteiger partial charge on any atom is 0.324 e. The summed E-state index contributed by atoms with van der Waals surface area (Å²) in [6, 6.07) is 5.80. The Labute approximate surface area is 200 Å². The monoisotopic (exact) mass is 471 g/mol. The molecule has 0 atom stereocenters. The second-order valence-corrected chi connectivity index (χ2v) is 9.21. The summed E-state index contributed by atoms with van der Waals surface area (Å²) >= 11 is 0. The molecule has 6 rings (SSSR count). The molecule has 0 unspecified atom stereocenters. The lowest BCUT2D eigenvalue weighted by molar-refractivity contribution is -0.119. The van der Waals surface area contributed by atoms with Gasteiger partial charge in [-0.25, -0.2) is 14.8 Å². The van der Waals surface area contributed by atoms with Gasteiger partial charge in [-0.1, -0.05) is 0 Å². The number of urea groups is 1. The third-order valence-electron chi connectivity index (χ3n) is 6.83. The van der Waals surface area contributed by atoms with E-state index >= 15 is 0 Å². The second kappa shape index (κ2) is 8.27. The number of anilines is 1. The lowest BCUT2D eigenvalue weighted by atomic mass is 9.99. The highest BCUT2D eigenvalue weighted by molar-refractivity contribution is 6.04. The Kier molecular flexibility index (Phi) is 5.06. The number of carbonyl (C=O) groups is 2. The van der Waals surface area contributed by atoms with Crippen molar-refractivity contribution in [1.82, 2.24) is 34.9 Å². The van der Waals surface area contributed by atoms with Crippen LogP contribution >= 0.6 is 0 Å². The number of hydrogen-bond acceptors (Lipinski definition) is 7. The van der Waals surface area contributed by atoms with Crippen LogP contribution in [0.25, 0.3) is 33.3 Å². The van der Waals surface area contributed by atoms with E-state index < -0.39 is 0 Å². The Morgan fingerprint density at radius 2 is 2.00 bits per heavy atom. The van der Waals surface area contributed by atoms with E-state index in [1.54, 1.807) is 24.3 Å². The van der Waals surface area contributed by atoms with Gasteiger partial charge < -0.3 is 10.6 Å². The van der Waals surface area contributed by atoms with Crippen molar-refractivity contribution in [1.29, 1.82) is 0 Å². The predicted octanol–water partition coefficient (Wildman–Crippen LogP) is 1.89. The van der Waals surface area contributed by atoms with Gasteiger partial charge in [0.15, 0.2) is 5.65 Å². The Hall–Kier alpha value is -4.12. The quantitative estimate of drug-likeness (QED) is 0.464. The van der Waals surface area contributed by atoms with Crippen molar-refractivity contribution in [3.63, 3.8) is 0 Å². The summed E-state index contributed by atoms with van der Waals surface area (Å²) in [5, 5.41) is 7.81. The first kappa shape index (κ1) is 21.4. The number of piperidine rings is 1. The number of amides is 3. The maximum atomic E-state index is 13.5. The average molecular weight is 472 g/mol. The van der Waals surface area contributed by atoms with E-state index in [4.69, 9.17) is 10.7 Å². The number of likely N-dealkylation sites (tertiary alicyclic amines) is 1. The third kappa shape index (κ3) is 3.73. The molecule has 0 saturated carbocycles. The fraction of sp³-hybridized carbons (Fsp3) is 0.333. The molecule has 0 aliphatic carbocycles. The summed E-state index contributed by atoms with van der Waals surface area (Å²) in [5.41, 5.74) is 10.9. The van der Waals surface area contributed by atoms with Crippen molar-refractivity contribution in [2.24, 2.45) is 5.73 Å². The van der Waals surface area contributed by atoms with Crippen LogP contribution in [0.1, 0.15) is 18.4 Å². The molecule has 0 radical (unpaired) electrons. The molecular formula is C24H25N9O2. The summed E-state index contributed by atoms with van der Waals surface area (Å²) in [5.74, 6) is -0.334. The van der Waals surface area contributed by atoms with Crippen molar-refractivity contribution >= 4 is 39.7 Å². The number of primary amides is 1. The minimum absolute atomic E-state index is 0.00636. The Morgan fingerprint density at radius 3 is 2.80 bits per heavy atom. The maximum absolute atomic E-state index is 13.5. The highest BCUT2D eigenvalue weighted by Gasteiger charge is 2.37. The Bertz CT molecular complexity index is 1460. The van der Waals surface area contributed by atoms with E-state index in [1.165, 1.54) is 0 Å². The molecule has 11 nitrogen and oxygen atoms in total. The number of fused-ring (bicyclic) bond motifs is 4. The largest absolute Gasteiger partial charge is 0.369 e. The van der Waals surface area contributed by atoms with E-state index in [9.17, 15) is 9.59 Å². The number of H-pyrrole nitrogens is 1.